The van der Waals surface area contributed by atoms with Crippen LogP contribution in [0.4, 0.5) is 0 Å². The number of carbonyl (C=O) groups is 1. The Hall–Kier alpha value is -3.97. The Bertz CT molecular complexity index is 1710. The molecule has 1 N–H and O–H groups in total. The minimum atomic E-state index is -0.134. The lowest BCUT2D eigenvalue weighted by atomic mass is 9.85. The van der Waals surface area contributed by atoms with Gasteiger partial charge in [-0.25, -0.2) is 4.79 Å². The molecule has 192 valence electrons. The van der Waals surface area contributed by atoms with Gasteiger partial charge in [0.05, 0.1) is 38.5 Å². The molecule has 0 atom stereocenters. The SMILES string of the molecule is Cc1ncc(Cl)cc1C(=O)N[C@H]1CC[C@H](Cn2c(=O)n(-c3ccnc4ccccc34)c3ccccc32)CC1. The fourth-order valence-electron chi connectivity index (χ4n) is 5.64. The van der Waals surface area contributed by atoms with E-state index < -0.39 is 0 Å². The highest BCUT2D eigenvalue weighted by molar-refractivity contribution is 6.30. The number of nitrogens with one attached hydrogen (secondary N) is 1. The first-order valence-electron chi connectivity index (χ1n) is 13.0. The smallest absolute Gasteiger partial charge is 0.333 e. The average molecular weight is 526 g/mol. The normalized spacial score (nSPS) is 17.6. The van der Waals surface area contributed by atoms with Crippen molar-refractivity contribution in [3.8, 4) is 5.69 Å². The van der Waals surface area contributed by atoms with E-state index in [0.717, 1.165) is 53.3 Å². The van der Waals surface area contributed by atoms with E-state index in [4.69, 9.17) is 11.6 Å². The summed E-state index contributed by atoms with van der Waals surface area (Å²) in [5.41, 5.74) is 4.66. The number of aromatic nitrogens is 4. The molecule has 6 rings (SSSR count). The van der Waals surface area contributed by atoms with Gasteiger partial charge in [-0.1, -0.05) is 41.9 Å². The predicted octanol–water partition coefficient (Wildman–Crippen LogP) is 5.69. The van der Waals surface area contributed by atoms with Gasteiger partial charge < -0.3 is 5.32 Å². The van der Waals surface area contributed by atoms with Gasteiger partial charge >= 0.3 is 5.69 Å². The molecule has 3 heterocycles. The van der Waals surface area contributed by atoms with Crippen LogP contribution in [0.15, 0.2) is 77.9 Å². The number of carbonyl (C=O) groups excluding carboxylic acids is 1. The number of imidazole rings is 1. The minimum absolute atomic E-state index is 0.0399. The average Bonchev–Trinajstić information content (AvgIpc) is 3.21. The second-order valence-corrected chi connectivity index (χ2v) is 10.5. The topological polar surface area (TPSA) is 81.8 Å². The largest absolute Gasteiger partial charge is 0.349 e. The fourth-order valence-corrected chi connectivity index (χ4v) is 5.80. The van der Waals surface area contributed by atoms with Gasteiger partial charge in [-0.2, -0.15) is 0 Å². The third kappa shape index (κ3) is 4.47. The number of pyridine rings is 2. The molecule has 1 aliphatic rings. The molecule has 0 aliphatic heterocycles. The first-order valence-corrected chi connectivity index (χ1v) is 13.3. The van der Waals surface area contributed by atoms with Gasteiger partial charge in [0, 0.05) is 30.4 Å². The molecular formula is C30H28ClN5O2. The van der Waals surface area contributed by atoms with E-state index in [1.807, 2.05) is 70.7 Å². The number of nitrogens with zero attached hydrogens (tertiary/aromatic N) is 4. The molecule has 0 radical (unpaired) electrons. The number of aryl methyl sites for hydroxylation is 1. The lowest BCUT2D eigenvalue weighted by Crippen LogP contribution is -2.39. The van der Waals surface area contributed by atoms with Crippen molar-refractivity contribution in [2.45, 2.75) is 45.2 Å². The van der Waals surface area contributed by atoms with Crippen LogP contribution in [0.25, 0.3) is 27.6 Å². The number of fused-ring (bicyclic) bond motifs is 2. The van der Waals surface area contributed by atoms with Crippen molar-refractivity contribution < 1.29 is 4.79 Å². The first kappa shape index (κ1) is 24.4. The van der Waals surface area contributed by atoms with Gasteiger partial charge in [-0.3, -0.25) is 23.9 Å². The van der Waals surface area contributed by atoms with E-state index >= 15 is 0 Å². The van der Waals surface area contributed by atoms with E-state index in [1.165, 1.54) is 0 Å². The Kier molecular flexibility index (Phi) is 6.45. The number of amides is 1. The van der Waals surface area contributed by atoms with E-state index in [-0.39, 0.29) is 17.6 Å². The lowest BCUT2D eigenvalue weighted by molar-refractivity contribution is 0.0919. The summed E-state index contributed by atoms with van der Waals surface area (Å²) in [6.07, 6.45) is 6.91. The molecule has 0 spiro atoms. The number of hydrogen-bond donors (Lipinski definition) is 1. The predicted molar refractivity (Wildman–Crippen MR) is 150 cm³/mol. The van der Waals surface area contributed by atoms with Crippen LogP contribution in [0.3, 0.4) is 0 Å². The monoisotopic (exact) mass is 525 g/mol. The number of benzene rings is 2. The number of rotatable bonds is 5. The molecule has 5 aromatic rings. The molecule has 0 saturated heterocycles. The Morgan fingerprint density at radius 2 is 1.74 bits per heavy atom. The van der Waals surface area contributed by atoms with Crippen molar-refractivity contribution >= 4 is 39.4 Å². The molecule has 0 bridgehead atoms. The molecule has 38 heavy (non-hydrogen) atoms. The van der Waals surface area contributed by atoms with Gasteiger partial charge in [0.15, 0.2) is 0 Å². The van der Waals surface area contributed by atoms with Gasteiger partial charge in [-0.05, 0) is 68.9 Å². The maximum Gasteiger partial charge on any atom is 0.333 e. The molecular weight excluding hydrogens is 498 g/mol. The fraction of sp³-hybridized carbons (Fsp3) is 0.267. The zero-order valence-electron chi connectivity index (χ0n) is 21.1. The molecule has 3 aromatic heterocycles. The summed E-state index contributed by atoms with van der Waals surface area (Å²) >= 11 is 6.05. The van der Waals surface area contributed by atoms with E-state index in [2.05, 4.69) is 15.3 Å². The van der Waals surface area contributed by atoms with Crippen LogP contribution in [0, 0.1) is 12.8 Å². The van der Waals surface area contributed by atoms with Crippen molar-refractivity contribution in [3.05, 3.63) is 99.8 Å². The van der Waals surface area contributed by atoms with Crippen molar-refractivity contribution in [2.24, 2.45) is 5.92 Å². The van der Waals surface area contributed by atoms with Crippen molar-refractivity contribution in [1.82, 2.24) is 24.4 Å². The van der Waals surface area contributed by atoms with Crippen LogP contribution in [-0.4, -0.2) is 31.1 Å². The lowest BCUT2D eigenvalue weighted by Gasteiger charge is -2.29. The van der Waals surface area contributed by atoms with Crippen LogP contribution >= 0.6 is 11.6 Å². The Labute approximate surface area is 225 Å². The van der Waals surface area contributed by atoms with Crippen molar-refractivity contribution in [2.75, 3.05) is 0 Å². The molecule has 1 saturated carbocycles. The molecule has 1 aliphatic carbocycles. The van der Waals surface area contributed by atoms with Gasteiger partial charge in [-0.15, -0.1) is 0 Å². The number of hydrogen-bond acceptors (Lipinski definition) is 4. The number of para-hydroxylation sites is 3. The quantitative estimate of drug-likeness (QED) is 0.320. The third-order valence-electron chi connectivity index (χ3n) is 7.62. The molecule has 0 unspecified atom stereocenters. The molecule has 1 amide bonds. The molecule has 7 nitrogen and oxygen atoms in total. The van der Waals surface area contributed by atoms with Crippen molar-refractivity contribution in [3.63, 3.8) is 0 Å². The second-order valence-electron chi connectivity index (χ2n) is 10.0. The second kappa shape index (κ2) is 10.1. The van der Waals surface area contributed by atoms with E-state index in [0.29, 0.717) is 28.7 Å². The Morgan fingerprint density at radius 1 is 1.00 bits per heavy atom. The van der Waals surface area contributed by atoms with E-state index in [1.54, 1.807) is 18.5 Å². The van der Waals surface area contributed by atoms with Crippen LogP contribution in [0.2, 0.25) is 5.02 Å². The standard InChI is InChI=1S/C30H28ClN5O2/c1-19-24(16-21(31)17-33-19)29(37)34-22-12-10-20(11-13-22)18-35-27-8-4-5-9-28(27)36(30(35)38)26-14-15-32-25-7-3-2-6-23(25)26/h2-9,14-17,20,22H,10-13,18H2,1H3,(H,34,37)/t20-,22-. The van der Waals surface area contributed by atoms with Gasteiger partial charge in [0.25, 0.3) is 5.91 Å². The summed E-state index contributed by atoms with van der Waals surface area (Å²) in [7, 11) is 0. The van der Waals surface area contributed by atoms with Crippen molar-refractivity contribution in [1.29, 1.82) is 0 Å². The highest BCUT2D eigenvalue weighted by Gasteiger charge is 2.26. The number of halogens is 1. The minimum Gasteiger partial charge on any atom is -0.349 e. The zero-order valence-corrected chi connectivity index (χ0v) is 21.9. The van der Waals surface area contributed by atoms with Crippen LogP contribution in [0.1, 0.15) is 41.7 Å². The molecule has 8 heteroatoms. The van der Waals surface area contributed by atoms with Crippen LogP contribution < -0.4 is 11.0 Å². The maximum atomic E-state index is 13.9. The summed E-state index contributed by atoms with van der Waals surface area (Å²) in [5.74, 6) is 0.216. The molecule has 2 aromatic carbocycles. The summed E-state index contributed by atoms with van der Waals surface area (Å²) in [4.78, 5) is 35.3. The van der Waals surface area contributed by atoms with E-state index in [9.17, 15) is 9.59 Å². The summed E-state index contributed by atoms with van der Waals surface area (Å²) in [6.45, 7) is 2.46. The van der Waals surface area contributed by atoms with Crippen LogP contribution in [-0.2, 0) is 6.54 Å². The third-order valence-corrected chi connectivity index (χ3v) is 7.83. The highest BCUT2D eigenvalue weighted by atomic mass is 35.5. The summed E-state index contributed by atoms with van der Waals surface area (Å²) < 4.78 is 3.72. The van der Waals surface area contributed by atoms with Crippen LogP contribution in [0.5, 0.6) is 0 Å². The summed E-state index contributed by atoms with van der Waals surface area (Å²) in [6, 6.07) is 19.5. The molecule has 1 fully saturated rings. The highest BCUT2D eigenvalue weighted by Crippen LogP contribution is 2.29. The van der Waals surface area contributed by atoms with Gasteiger partial charge in [0.1, 0.15) is 0 Å². The Morgan fingerprint density at radius 3 is 2.55 bits per heavy atom. The first-order chi connectivity index (χ1) is 18.5. The summed E-state index contributed by atoms with van der Waals surface area (Å²) in [5, 5.41) is 4.55. The Balaban J connectivity index is 1.23. The maximum absolute atomic E-state index is 13.9. The zero-order chi connectivity index (χ0) is 26.2. The van der Waals surface area contributed by atoms with Gasteiger partial charge in [0.2, 0.25) is 0 Å².